The summed E-state index contributed by atoms with van der Waals surface area (Å²) in [5.74, 6) is 5.89. The summed E-state index contributed by atoms with van der Waals surface area (Å²) in [7, 11) is 0. The number of hydrogen-bond donors (Lipinski definition) is 5. The number of benzene rings is 1. The summed E-state index contributed by atoms with van der Waals surface area (Å²) in [4.78, 5) is 14.1. The average molecular weight is 683 g/mol. The van der Waals surface area contributed by atoms with Crippen molar-refractivity contribution in [3.63, 3.8) is 0 Å². The van der Waals surface area contributed by atoms with Gasteiger partial charge in [0.1, 0.15) is 6.61 Å². The summed E-state index contributed by atoms with van der Waals surface area (Å²) in [6.07, 6.45) is 14.2. The summed E-state index contributed by atoms with van der Waals surface area (Å²) in [5.41, 5.74) is 12.5. The summed E-state index contributed by atoms with van der Waals surface area (Å²) in [6, 6.07) is 6.04. The minimum Gasteiger partial charge on any atom is -0.396 e. The van der Waals surface area contributed by atoms with Crippen LogP contribution in [0.2, 0.25) is 0 Å². The minimum absolute atomic E-state index is 0.00270. The van der Waals surface area contributed by atoms with Gasteiger partial charge in [0.25, 0.3) is 0 Å². The Morgan fingerprint density at radius 1 is 1.20 bits per heavy atom. The van der Waals surface area contributed by atoms with Gasteiger partial charge in [-0.2, -0.15) is 0 Å². The number of aliphatic hydroxyl groups is 3. The van der Waals surface area contributed by atoms with Crippen molar-refractivity contribution in [2.24, 2.45) is 23.0 Å². The molecule has 1 aromatic rings. The number of ether oxygens (including phenoxy) is 1. The maximum atomic E-state index is 14.1. The molecule has 4 aliphatic rings. The van der Waals surface area contributed by atoms with Crippen molar-refractivity contribution in [3.05, 3.63) is 93.6 Å². The number of rotatable bonds is 7. The molecule has 0 aromatic heterocycles. The number of aliphatic hydroxyl groups excluding tert-OH is 2. The van der Waals surface area contributed by atoms with Gasteiger partial charge in [0, 0.05) is 37.3 Å². The third-order valence-electron chi connectivity index (χ3n) is 12.0. The maximum absolute atomic E-state index is 14.1. The first kappa shape index (κ1) is 38.1. The molecule has 2 fully saturated rings. The van der Waals surface area contributed by atoms with E-state index in [1.165, 1.54) is 5.57 Å². The van der Waals surface area contributed by atoms with Crippen molar-refractivity contribution in [2.45, 2.75) is 109 Å². The molecule has 1 aromatic carbocycles. The molecule has 50 heavy (non-hydrogen) atoms. The fourth-order valence-electron chi connectivity index (χ4n) is 9.15. The van der Waals surface area contributed by atoms with Crippen LogP contribution < -0.4 is 11.1 Å². The number of carbonyl (C=O) groups is 1. The number of carbonyl (C=O) groups excluding carboxylic acids is 1. The second kappa shape index (κ2) is 17.0. The van der Waals surface area contributed by atoms with Crippen molar-refractivity contribution in [2.75, 3.05) is 26.4 Å². The minimum atomic E-state index is -1.17. The molecular formula is C43H58N2O5. The van der Waals surface area contributed by atoms with Gasteiger partial charge in [0.15, 0.2) is 5.78 Å². The third kappa shape index (κ3) is 8.18. The molecule has 0 bridgehead atoms. The quantitative estimate of drug-likeness (QED) is 0.134. The molecule has 5 rings (SSSR count). The number of allylic oxidation sites excluding steroid dienone is 8. The normalized spacial score (nSPS) is 34.6. The molecule has 270 valence electrons. The molecule has 0 amide bonds. The van der Waals surface area contributed by atoms with Gasteiger partial charge in [0.05, 0.1) is 24.5 Å². The fraction of sp³-hybridized carbons (Fsp3) is 0.558. The predicted octanol–water partition coefficient (Wildman–Crippen LogP) is 6.10. The number of nitrogens with one attached hydrogen (secondary N) is 1. The Labute approximate surface area is 299 Å². The SMILES string of the molecule is C=C1/C=C/C=C(/[C@H]2CC[C@@]3([C@H](CCCO)/C(=C(\C)C(=O)Cc4cccc5c4CCN[C@H]5N)CC[C@@]3(C)O)[C@@H]2O)COCC#CC/C(C)=C\CC1. The molecule has 2 aliphatic carbocycles. The Balaban J connectivity index is 1.46. The second-order valence-electron chi connectivity index (χ2n) is 15.1. The van der Waals surface area contributed by atoms with E-state index in [0.29, 0.717) is 58.2 Å². The van der Waals surface area contributed by atoms with Crippen LogP contribution in [0.15, 0.2) is 76.9 Å². The average Bonchev–Trinajstić information content (AvgIpc) is 3.43. The van der Waals surface area contributed by atoms with Gasteiger partial charge in [-0.15, -0.1) is 0 Å². The molecule has 6 N–H and O–H groups in total. The maximum Gasteiger partial charge on any atom is 0.162 e. The van der Waals surface area contributed by atoms with Gasteiger partial charge >= 0.3 is 0 Å². The monoisotopic (exact) mass is 682 g/mol. The van der Waals surface area contributed by atoms with Crippen LogP contribution in [0.25, 0.3) is 0 Å². The van der Waals surface area contributed by atoms with Crippen molar-refractivity contribution in [1.29, 1.82) is 0 Å². The molecule has 7 heteroatoms. The zero-order chi connectivity index (χ0) is 35.9. The molecule has 2 saturated carbocycles. The number of nitrogens with two attached hydrogens (primary N) is 1. The van der Waals surface area contributed by atoms with Crippen molar-refractivity contribution < 1.29 is 24.9 Å². The highest BCUT2D eigenvalue weighted by Crippen LogP contribution is 2.63. The lowest BCUT2D eigenvalue weighted by atomic mass is 9.52. The zero-order valence-corrected chi connectivity index (χ0v) is 30.4. The smallest absolute Gasteiger partial charge is 0.162 e. The zero-order valence-electron chi connectivity index (χ0n) is 30.4. The molecular weight excluding hydrogens is 624 g/mol. The molecule has 2 heterocycles. The second-order valence-corrected chi connectivity index (χ2v) is 15.1. The first-order valence-corrected chi connectivity index (χ1v) is 18.6. The van der Waals surface area contributed by atoms with Crippen LogP contribution in [0.4, 0.5) is 0 Å². The van der Waals surface area contributed by atoms with E-state index in [0.717, 1.165) is 64.8 Å². The predicted molar refractivity (Wildman–Crippen MR) is 200 cm³/mol. The summed E-state index contributed by atoms with van der Waals surface area (Å²) in [5, 5.41) is 38.1. The van der Waals surface area contributed by atoms with Gasteiger partial charge < -0.3 is 25.8 Å². The van der Waals surface area contributed by atoms with E-state index in [-0.39, 0.29) is 36.8 Å². The third-order valence-corrected chi connectivity index (χ3v) is 12.0. The number of fused-ring (bicyclic) bond motifs is 1. The van der Waals surface area contributed by atoms with E-state index in [4.69, 9.17) is 10.5 Å². The Morgan fingerprint density at radius 2 is 2.02 bits per heavy atom. The van der Waals surface area contributed by atoms with E-state index >= 15 is 0 Å². The Kier molecular flexibility index (Phi) is 12.9. The van der Waals surface area contributed by atoms with Crippen molar-refractivity contribution in [3.8, 4) is 11.8 Å². The largest absolute Gasteiger partial charge is 0.396 e. The van der Waals surface area contributed by atoms with Gasteiger partial charge in [-0.1, -0.05) is 77.6 Å². The van der Waals surface area contributed by atoms with Gasteiger partial charge in [-0.05, 0) is 112 Å². The molecule has 1 spiro atoms. The van der Waals surface area contributed by atoms with Crippen LogP contribution in [0.1, 0.15) is 101 Å². The number of hydrogen-bond acceptors (Lipinski definition) is 7. The van der Waals surface area contributed by atoms with E-state index in [1.54, 1.807) is 0 Å². The molecule has 6 atom stereocenters. The van der Waals surface area contributed by atoms with Crippen LogP contribution in [-0.2, 0) is 22.4 Å². The molecule has 0 saturated heterocycles. The van der Waals surface area contributed by atoms with Crippen molar-refractivity contribution >= 4 is 5.78 Å². The lowest BCUT2D eigenvalue weighted by Gasteiger charge is -2.55. The summed E-state index contributed by atoms with van der Waals surface area (Å²) < 4.78 is 6.07. The van der Waals surface area contributed by atoms with Crippen LogP contribution in [-0.4, -0.2) is 59.2 Å². The Morgan fingerprint density at radius 3 is 2.82 bits per heavy atom. The molecule has 0 radical (unpaired) electrons. The lowest BCUT2D eigenvalue weighted by Crippen LogP contribution is -2.59. The van der Waals surface area contributed by atoms with Gasteiger partial charge in [-0.3, -0.25) is 10.1 Å². The van der Waals surface area contributed by atoms with Crippen LogP contribution in [0.5, 0.6) is 0 Å². The van der Waals surface area contributed by atoms with Crippen LogP contribution >= 0.6 is 0 Å². The lowest BCUT2D eigenvalue weighted by molar-refractivity contribution is -0.167. The molecule has 7 nitrogen and oxygen atoms in total. The van der Waals surface area contributed by atoms with E-state index in [9.17, 15) is 20.1 Å². The topological polar surface area (TPSA) is 125 Å². The van der Waals surface area contributed by atoms with Crippen LogP contribution in [0.3, 0.4) is 0 Å². The number of Topliss-reactive ketones (excluding diaryl/α,β-unsaturated/α-hetero) is 1. The van der Waals surface area contributed by atoms with E-state index < -0.39 is 17.1 Å². The van der Waals surface area contributed by atoms with Crippen molar-refractivity contribution in [1.82, 2.24) is 5.32 Å². The first-order chi connectivity index (χ1) is 24.0. The molecule has 0 unspecified atom stereocenters. The highest BCUT2D eigenvalue weighted by molar-refractivity contribution is 5.97. The van der Waals surface area contributed by atoms with Crippen LogP contribution in [0, 0.1) is 29.1 Å². The first-order valence-electron chi connectivity index (χ1n) is 18.6. The van der Waals surface area contributed by atoms with Gasteiger partial charge in [-0.25, -0.2) is 0 Å². The Bertz CT molecular complexity index is 1600. The summed E-state index contributed by atoms with van der Waals surface area (Å²) in [6.45, 7) is 11.5. The van der Waals surface area contributed by atoms with Gasteiger partial charge in [0.2, 0.25) is 0 Å². The van der Waals surface area contributed by atoms with E-state index in [2.05, 4.69) is 36.7 Å². The summed E-state index contributed by atoms with van der Waals surface area (Å²) >= 11 is 0. The Hall–Kier alpha value is -3.09. The molecule has 2 aliphatic heterocycles. The number of ketones is 1. The highest BCUT2D eigenvalue weighted by Gasteiger charge is 2.64. The van der Waals surface area contributed by atoms with E-state index in [1.807, 2.05) is 50.3 Å². The standard InChI is InChI=1S/C43H58N2O5/c1-29-11-5-6-26-50-28-33(16-8-14-30(2)13-7-12-29)36-20-23-43(40(36)48)38(18-10-25-46)34(19-22-42(43,4)49)31(3)39(47)27-32-15-9-17-37-35(32)21-24-45-41(37)44/h8-9,12,14-17,36,38,40-41,45-46,48-49H,2,7,10-11,13,18-28,44H2,1,3-4H3/b14-8+,29-12-,33-16+,34-31+/t36-,38-,40-,41-,42-,43-/m1/s1. The highest BCUT2D eigenvalue weighted by atomic mass is 16.5. The fourth-order valence-corrected chi connectivity index (χ4v) is 9.15.